The molecule has 2 amide bonds. The lowest BCUT2D eigenvalue weighted by atomic mass is 10.1. The van der Waals surface area contributed by atoms with Gasteiger partial charge < -0.3 is 15.0 Å². The molecule has 1 N–H and O–H groups in total. The minimum atomic E-state index is -0.514. The zero-order chi connectivity index (χ0) is 16.5. The van der Waals surface area contributed by atoms with Gasteiger partial charge in [-0.25, -0.2) is 0 Å². The summed E-state index contributed by atoms with van der Waals surface area (Å²) in [6.45, 7) is 0.733. The van der Waals surface area contributed by atoms with E-state index in [2.05, 4.69) is 5.32 Å². The third kappa shape index (κ3) is 2.73. The van der Waals surface area contributed by atoms with Crippen LogP contribution in [0.4, 0.5) is 11.4 Å². The SMILES string of the molecule is O=C(Nc1cccc(N2CCCC2=O)c1)[C@H]1Cc2ccccc2O1. The summed E-state index contributed by atoms with van der Waals surface area (Å²) in [4.78, 5) is 26.1. The number of anilines is 2. The largest absolute Gasteiger partial charge is 0.480 e. The summed E-state index contributed by atoms with van der Waals surface area (Å²) in [7, 11) is 0. The van der Waals surface area contributed by atoms with Crippen molar-refractivity contribution in [2.75, 3.05) is 16.8 Å². The maximum atomic E-state index is 12.5. The Morgan fingerprint density at radius 1 is 1.17 bits per heavy atom. The lowest BCUT2D eigenvalue weighted by Gasteiger charge is -2.17. The van der Waals surface area contributed by atoms with Crippen LogP contribution in [0.1, 0.15) is 18.4 Å². The number of fused-ring (bicyclic) bond motifs is 1. The van der Waals surface area contributed by atoms with E-state index in [0.717, 1.165) is 30.0 Å². The fourth-order valence-corrected chi connectivity index (χ4v) is 3.22. The van der Waals surface area contributed by atoms with Crippen molar-refractivity contribution in [2.45, 2.75) is 25.4 Å². The number of hydrogen-bond donors (Lipinski definition) is 1. The van der Waals surface area contributed by atoms with Gasteiger partial charge in [-0.15, -0.1) is 0 Å². The Hall–Kier alpha value is -2.82. The number of carbonyl (C=O) groups is 2. The van der Waals surface area contributed by atoms with Crippen LogP contribution in [-0.4, -0.2) is 24.5 Å². The topological polar surface area (TPSA) is 58.6 Å². The quantitative estimate of drug-likeness (QED) is 0.945. The number of nitrogens with zero attached hydrogens (tertiary/aromatic N) is 1. The predicted octanol–water partition coefficient (Wildman–Crippen LogP) is 2.76. The Balaban J connectivity index is 1.46. The summed E-state index contributed by atoms with van der Waals surface area (Å²) >= 11 is 0. The van der Waals surface area contributed by atoms with E-state index >= 15 is 0 Å². The van der Waals surface area contributed by atoms with Gasteiger partial charge >= 0.3 is 0 Å². The zero-order valence-electron chi connectivity index (χ0n) is 13.2. The van der Waals surface area contributed by atoms with Gasteiger partial charge in [-0.1, -0.05) is 24.3 Å². The molecule has 0 saturated carbocycles. The molecular weight excluding hydrogens is 304 g/mol. The van der Waals surface area contributed by atoms with Crippen molar-refractivity contribution in [1.82, 2.24) is 0 Å². The van der Waals surface area contributed by atoms with Crippen LogP contribution in [0.25, 0.3) is 0 Å². The Morgan fingerprint density at radius 3 is 2.83 bits per heavy atom. The first-order chi connectivity index (χ1) is 11.7. The monoisotopic (exact) mass is 322 g/mol. The van der Waals surface area contributed by atoms with E-state index in [9.17, 15) is 9.59 Å². The number of nitrogens with one attached hydrogen (secondary N) is 1. The predicted molar refractivity (Wildman–Crippen MR) is 91.2 cm³/mol. The van der Waals surface area contributed by atoms with Crippen LogP contribution in [0.2, 0.25) is 0 Å². The number of rotatable bonds is 3. The number of benzene rings is 2. The standard InChI is InChI=1S/C19H18N2O3/c22-18-9-4-10-21(18)15-7-3-6-14(12-15)20-19(23)17-11-13-5-1-2-8-16(13)24-17/h1-3,5-8,12,17H,4,9-11H2,(H,20,23)/t17-/m1/s1. The van der Waals surface area contributed by atoms with E-state index < -0.39 is 6.10 Å². The molecule has 4 rings (SSSR count). The van der Waals surface area contributed by atoms with Crippen molar-refractivity contribution in [3.05, 3.63) is 54.1 Å². The molecule has 2 aromatic carbocycles. The number of carbonyl (C=O) groups excluding carboxylic acids is 2. The average Bonchev–Trinajstić information content (AvgIpc) is 3.21. The molecule has 1 saturated heterocycles. The molecular formula is C19H18N2O3. The van der Waals surface area contributed by atoms with Crippen LogP contribution in [0.15, 0.2) is 48.5 Å². The number of hydrogen-bond acceptors (Lipinski definition) is 3. The first-order valence-corrected chi connectivity index (χ1v) is 8.16. The van der Waals surface area contributed by atoms with Crippen LogP contribution in [0, 0.1) is 0 Å². The molecule has 2 aromatic rings. The van der Waals surface area contributed by atoms with Gasteiger partial charge in [-0.3, -0.25) is 9.59 Å². The van der Waals surface area contributed by atoms with E-state index in [1.54, 1.807) is 4.90 Å². The summed E-state index contributed by atoms with van der Waals surface area (Å²) in [5, 5.41) is 2.90. The summed E-state index contributed by atoms with van der Waals surface area (Å²) in [6.07, 6.45) is 1.53. The Bertz CT molecular complexity index is 778. The molecule has 2 aliphatic rings. The van der Waals surface area contributed by atoms with E-state index in [0.29, 0.717) is 18.5 Å². The van der Waals surface area contributed by atoms with Gasteiger partial charge in [-0.05, 0) is 36.2 Å². The lowest BCUT2D eigenvalue weighted by molar-refractivity contribution is -0.122. The van der Waals surface area contributed by atoms with Gasteiger partial charge in [0.15, 0.2) is 6.10 Å². The minimum Gasteiger partial charge on any atom is -0.480 e. The van der Waals surface area contributed by atoms with Crippen molar-refractivity contribution >= 4 is 23.2 Å². The molecule has 0 radical (unpaired) electrons. The Morgan fingerprint density at radius 2 is 2.04 bits per heavy atom. The molecule has 1 atom stereocenters. The van der Waals surface area contributed by atoms with Crippen molar-refractivity contribution in [3.8, 4) is 5.75 Å². The molecule has 0 bridgehead atoms. The number of ether oxygens (including phenoxy) is 1. The normalized spacial score (nSPS) is 19.1. The molecule has 2 heterocycles. The van der Waals surface area contributed by atoms with Gasteiger partial charge in [0.1, 0.15) is 5.75 Å². The highest BCUT2D eigenvalue weighted by Gasteiger charge is 2.29. The molecule has 0 unspecified atom stereocenters. The molecule has 122 valence electrons. The van der Waals surface area contributed by atoms with Gasteiger partial charge in [0.25, 0.3) is 5.91 Å². The van der Waals surface area contributed by atoms with Gasteiger partial charge in [0, 0.05) is 30.8 Å². The highest BCUT2D eigenvalue weighted by Crippen LogP contribution is 2.29. The van der Waals surface area contributed by atoms with Crippen molar-refractivity contribution in [2.24, 2.45) is 0 Å². The second-order valence-corrected chi connectivity index (χ2v) is 6.11. The molecule has 0 spiro atoms. The maximum absolute atomic E-state index is 12.5. The van der Waals surface area contributed by atoms with Crippen LogP contribution in [-0.2, 0) is 16.0 Å². The Kier molecular flexibility index (Phi) is 3.69. The smallest absolute Gasteiger partial charge is 0.265 e. The Labute approximate surface area is 140 Å². The third-order valence-electron chi connectivity index (χ3n) is 4.44. The second-order valence-electron chi connectivity index (χ2n) is 6.11. The minimum absolute atomic E-state index is 0.132. The number of para-hydroxylation sites is 1. The van der Waals surface area contributed by atoms with Crippen molar-refractivity contribution in [3.63, 3.8) is 0 Å². The van der Waals surface area contributed by atoms with Gasteiger partial charge in [-0.2, -0.15) is 0 Å². The molecule has 2 aliphatic heterocycles. The molecule has 1 fully saturated rings. The van der Waals surface area contributed by atoms with E-state index in [1.165, 1.54) is 0 Å². The molecule has 24 heavy (non-hydrogen) atoms. The highest BCUT2D eigenvalue weighted by atomic mass is 16.5. The summed E-state index contributed by atoms with van der Waals surface area (Å²) in [6, 6.07) is 15.1. The molecule has 0 aliphatic carbocycles. The first kappa shape index (κ1) is 14.8. The van der Waals surface area contributed by atoms with Crippen molar-refractivity contribution in [1.29, 1.82) is 0 Å². The summed E-state index contributed by atoms with van der Waals surface area (Å²) in [5.41, 5.74) is 2.55. The zero-order valence-corrected chi connectivity index (χ0v) is 13.2. The van der Waals surface area contributed by atoms with Crippen LogP contribution in [0.5, 0.6) is 5.75 Å². The first-order valence-electron chi connectivity index (χ1n) is 8.16. The lowest BCUT2D eigenvalue weighted by Crippen LogP contribution is -2.31. The highest BCUT2D eigenvalue weighted by molar-refractivity contribution is 5.98. The van der Waals surface area contributed by atoms with E-state index in [-0.39, 0.29) is 11.8 Å². The van der Waals surface area contributed by atoms with Crippen molar-refractivity contribution < 1.29 is 14.3 Å². The fraction of sp³-hybridized carbons (Fsp3) is 0.263. The van der Waals surface area contributed by atoms with Gasteiger partial charge in [0.2, 0.25) is 5.91 Å². The fourth-order valence-electron chi connectivity index (χ4n) is 3.22. The van der Waals surface area contributed by atoms with E-state index in [4.69, 9.17) is 4.74 Å². The molecule has 0 aromatic heterocycles. The van der Waals surface area contributed by atoms with Gasteiger partial charge in [0.05, 0.1) is 0 Å². The average molecular weight is 322 g/mol. The second kappa shape index (κ2) is 6.00. The summed E-state index contributed by atoms with van der Waals surface area (Å²) in [5.74, 6) is 0.734. The van der Waals surface area contributed by atoms with E-state index in [1.807, 2.05) is 48.5 Å². The van der Waals surface area contributed by atoms with Crippen LogP contribution in [0.3, 0.4) is 0 Å². The molecule has 5 heteroatoms. The van der Waals surface area contributed by atoms with Crippen LogP contribution < -0.4 is 15.0 Å². The molecule has 5 nitrogen and oxygen atoms in total. The third-order valence-corrected chi connectivity index (χ3v) is 4.44. The van der Waals surface area contributed by atoms with Crippen LogP contribution >= 0.6 is 0 Å². The summed E-state index contributed by atoms with van der Waals surface area (Å²) < 4.78 is 5.71. The maximum Gasteiger partial charge on any atom is 0.265 e. The number of amides is 2.